The number of nitrogens with one attached hydrogen (secondary N) is 2. The molecule has 1 heterocycles. The highest BCUT2D eigenvalue weighted by Crippen LogP contribution is 2.20. The van der Waals surface area contributed by atoms with Crippen molar-refractivity contribution in [3.8, 4) is 0 Å². The molecule has 0 atom stereocenters. The van der Waals surface area contributed by atoms with Gasteiger partial charge in [0.1, 0.15) is 5.52 Å². The van der Waals surface area contributed by atoms with Gasteiger partial charge in [0, 0.05) is 11.7 Å². The quantitative estimate of drug-likeness (QED) is 0.831. The third-order valence-electron chi connectivity index (χ3n) is 3.69. The zero-order chi connectivity index (χ0) is 13.8. The Hall–Kier alpha value is -1.69. The molecule has 1 aromatic heterocycles. The summed E-state index contributed by atoms with van der Waals surface area (Å²) in [4.78, 5) is 12.0. The van der Waals surface area contributed by atoms with Crippen LogP contribution in [-0.2, 0) is 0 Å². The van der Waals surface area contributed by atoms with Crippen molar-refractivity contribution in [2.24, 2.45) is 0 Å². The van der Waals surface area contributed by atoms with Crippen molar-refractivity contribution >= 4 is 33.5 Å². The summed E-state index contributed by atoms with van der Waals surface area (Å²) < 4.78 is 4.92. The van der Waals surface area contributed by atoms with Crippen molar-refractivity contribution in [2.75, 3.05) is 5.32 Å². The lowest BCUT2D eigenvalue weighted by Gasteiger charge is -2.16. The van der Waals surface area contributed by atoms with Gasteiger partial charge in [-0.3, -0.25) is 0 Å². The van der Waals surface area contributed by atoms with Gasteiger partial charge in [0.05, 0.1) is 4.70 Å². The van der Waals surface area contributed by atoms with E-state index in [1.807, 2.05) is 18.2 Å². The number of urea groups is 1. The molecule has 0 spiro atoms. The van der Waals surface area contributed by atoms with E-state index < -0.39 is 0 Å². The Labute approximate surface area is 121 Å². The van der Waals surface area contributed by atoms with E-state index >= 15 is 0 Å². The van der Waals surface area contributed by atoms with Crippen LogP contribution in [-0.4, -0.2) is 21.7 Å². The normalized spacial score (nSPS) is 16.8. The van der Waals surface area contributed by atoms with Crippen molar-refractivity contribution in [1.82, 2.24) is 14.9 Å². The molecule has 2 N–H and O–H groups in total. The van der Waals surface area contributed by atoms with Crippen molar-refractivity contribution in [2.45, 2.75) is 44.6 Å². The summed E-state index contributed by atoms with van der Waals surface area (Å²) in [6.45, 7) is 0. The first kappa shape index (κ1) is 13.3. The lowest BCUT2D eigenvalue weighted by molar-refractivity contribution is 0.247. The van der Waals surface area contributed by atoms with Gasteiger partial charge >= 0.3 is 6.03 Å². The largest absolute Gasteiger partial charge is 0.335 e. The monoisotopic (exact) mass is 290 g/mol. The third-order valence-corrected chi connectivity index (χ3v) is 4.40. The molecule has 6 heteroatoms. The van der Waals surface area contributed by atoms with E-state index in [0.29, 0.717) is 6.04 Å². The predicted molar refractivity (Wildman–Crippen MR) is 81.1 cm³/mol. The van der Waals surface area contributed by atoms with Crippen molar-refractivity contribution < 1.29 is 4.79 Å². The molecule has 1 aromatic carbocycles. The summed E-state index contributed by atoms with van der Waals surface area (Å²) in [6, 6.07) is 5.85. The molecule has 0 unspecified atom stereocenters. The zero-order valence-corrected chi connectivity index (χ0v) is 12.1. The molecule has 106 valence electrons. The van der Waals surface area contributed by atoms with Crippen molar-refractivity contribution in [1.29, 1.82) is 0 Å². The Balaban J connectivity index is 1.59. The fraction of sp³-hybridized carbons (Fsp3) is 0.500. The highest BCUT2D eigenvalue weighted by atomic mass is 32.1. The average Bonchev–Trinajstić information content (AvgIpc) is 2.75. The molecule has 2 aromatic rings. The summed E-state index contributed by atoms with van der Waals surface area (Å²) in [5.41, 5.74) is 1.58. The fourth-order valence-corrected chi connectivity index (χ4v) is 3.17. The van der Waals surface area contributed by atoms with Crippen LogP contribution in [0.25, 0.3) is 10.2 Å². The molecule has 0 bridgehead atoms. The maximum Gasteiger partial charge on any atom is 0.319 e. The van der Waals surface area contributed by atoms with E-state index in [-0.39, 0.29) is 6.03 Å². The van der Waals surface area contributed by atoms with Crippen molar-refractivity contribution in [3.05, 3.63) is 18.2 Å². The predicted octanol–water partition coefficient (Wildman–Crippen LogP) is 3.54. The van der Waals surface area contributed by atoms with Gasteiger partial charge in [-0.15, -0.1) is 5.10 Å². The number of fused-ring (bicyclic) bond motifs is 1. The Morgan fingerprint density at radius 3 is 2.80 bits per heavy atom. The van der Waals surface area contributed by atoms with E-state index in [1.54, 1.807) is 0 Å². The molecule has 5 nitrogen and oxygen atoms in total. The van der Waals surface area contributed by atoms with Crippen LogP contribution in [0.2, 0.25) is 0 Å². The van der Waals surface area contributed by atoms with Crippen LogP contribution in [0.15, 0.2) is 18.2 Å². The zero-order valence-electron chi connectivity index (χ0n) is 11.3. The van der Waals surface area contributed by atoms with Gasteiger partial charge in [-0.1, -0.05) is 30.2 Å². The number of benzene rings is 1. The van der Waals surface area contributed by atoms with E-state index in [2.05, 4.69) is 20.2 Å². The van der Waals surface area contributed by atoms with Crippen LogP contribution in [0.3, 0.4) is 0 Å². The fourth-order valence-electron chi connectivity index (χ4n) is 2.64. The maximum absolute atomic E-state index is 12.0. The lowest BCUT2D eigenvalue weighted by atomic mass is 10.1. The number of carbonyl (C=O) groups is 1. The number of hydrogen-bond donors (Lipinski definition) is 2. The first-order valence-electron chi connectivity index (χ1n) is 7.11. The van der Waals surface area contributed by atoms with E-state index in [9.17, 15) is 4.79 Å². The third kappa shape index (κ3) is 3.25. The molecule has 3 rings (SSSR count). The van der Waals surface area contributed by atoms with Crippen molar-refractivity contribution in [3.63, 3.8) is 0 Å². The summed E-state index contributed by atoms with van der Waals surface area (Å²) in [6.07, 6.45) is 7.16. The topological polar surface area (TPSA) is 66.9 Å². The smallest absolute Gasteiger partial charge is 0.319 e. The standard InChI is InChI=1S/C14H18N4OS/c19-14(15-10-5-3-1-2-4-6-10)16-11-7-8-13-12(9-11)17-18-20-13/h7-10H,1-6H2,(H2,15,16,19). The second-order valence-electron chi connectivity index (χ2n) is 5.24. The summed E-state index contributed by atoms with van der Waals surface area (Å²) in [7, 11) is 0. The summed E-state index contributed by atoms with van der Waals surface area (Å²) in [5, 5.41) is 9.96. The number of nitrogens with zero attached hydrogens (tertiary/aromatic N) is 2. The molecule has 0 radical (unpaired) electrons. The number of hydrogen-bond acceptors (Lipinski definition) is 4. The Morgan fingerprint density at radius 1 is 1.20 bits per heavy atom. The van der Waals surface area contributed by atoms with Crippen LogP contribution in [0.1, 0.15) is 38.5 Å². The van der Waals surface area contributed by atoms with Crippen LogP contribution in [0.4, 0.5) is 10.5 Å². The number of carbonyl (C=O) groups excluding carboxylic acids is 1. The van der Waals surface area contributed by atoms with Gasteiger partial charge in [0.2, 0.25) is 0 Å². The molecule has 1 fully saturated rings. The lowest BCUT2D eigenvalue weighted by Crippen LogP contribution is -2.37. The van der Waals surface area contributed by atoms with Crippen LogP contribution < -0.4 is 10.6 Å². The first-order valence-corrected chi connectivity index (χ1v) is 7.88. The van der Waals surface area contributed by atoms with Gasteiger partial charge in [0.15, 0.2) is 0 Å². The minimum atomic E-state index is -0.126. The van der Waals surface area contributed by atoms with Gasteiger partial charge in [-0.05, 0) is 42.6 Å². The molecular weight excluding hydrogens is 272 g/mol. The molecule has 1 aliphatic rings. The molecule has 2 amide bonds. The number of aromatic nitrogens is 2. The minimum absolute atomic E-state index is 0.126. The molecule has 0 saturated heterocycles. The van der Waals surface area contributed by atoms with E-state index in [1.165, 1.54) is 37.2 Å². The van der Waals surface area contributed by atoms with Gasteiger partial charge < -0.3 is 10.6 Å². The number of amides is 2. The molecule has 1 aliphatic carbocycles. The average molecular weight is 290 g/mol. The van der Waals surface area contributed by atoms with Gasteiger partial charge in [0.25, 0.3) is 0 Å². The van der Waals surface area contributed by atoms with Crippen LogP contribution in [0.5, 0.6) is 0 Å². The Bertz CT molecular complexity index is 590. The maximum atomic E-state index is 12.0. The summed E-state index contributed by atoms with van der Waals surface area (Å²) in [5.74, 6) is 0. The molecule has 1 saturated carbocycles. The van der Waals surface area contributed by atoms with Gasteiger partial charge in [-0.25, -0.2) is 4.79 Å². The molecular formula is C14H18N4OS. The minimum Gasteiger partial charge on any atom is -0.335 e. The second kappa shape index (κ2) is 6.17. The highest BCUT2D eigenvalue weighted by molar-refractivity contribution is 7.12. The Morgan fingerprint density at radius 2 is 2.00 bits per heavy atom. The van der Waals surface area contributed by atoms with E-state index in [4.69, 9.17) is 0 Å². The molecule has 20 heavy (non-hydrogen) atoms. The van der Waals surface area contributed by atoms with Gasteiger partial charge in [-0.2, -0.15) is 0 Å². The van der Waals surface area contributed by atoms with Crippen LogP contribution >= 0.6 is 11.5 Å². The Kier molecular flexibility index (Phi) is 4.11. The van der Waals surface area contributed by atoms with E-state index in [0.717, 1.165) is 28.7 Å². The summed E-state index contributed by atoms with van der Waals surface area (Å²) >= 11 is 1.36. The molecule has 0 aliphatic heterocycles. The number of rotatable bonds is 2. The van der Waals surface area contributed by atoms with Crippen LogP contribution in [0, 0.1) is 0 Å². The first-order chi connectivity index (χ1) is 9.81. The SMILES string of the molecule is O=C(Nc1ccc2snnc2c1)NC1CCCCCC1. The number of anilines is 1. The highest BCUT2D eigenvalue weighted by Gasteiger charge is 2.14. The second-order valence-corrected chi connectivity index (χ2v) is 6.03.